The van der Waals surface area contributed by atoms with Crippen molar-refractivity contribution in [3.05, 3.63) is 22.4 Å². The van der Waals surface area contributed by atoms with Crippen LogP contribution in [0.1, 0.15) is 18.9 Å². The lowest BCUT2D eigenvalue weighted by atomic mass is 10.0. The lowest BCUT2D eigenvalue weighted by Crippen LogP contribution is -2.31. The molecule has 0 aliphatic carbocycles. The third-order valence-corrected chi connectivity index (χ3v) is 3.22. The van der Waals surface area contributed by atoms with Gasteiger partial charge in [0.1, 0.15) is 0 Å². The van der Waals surface area contributed by atoms with E-state index in [0.29, 0.717) is 12.1 Å². The molecule has 0 saturated heterocycles. The number of rotatable bonds is 6. The van der Waals surface area contributed by atoms with Gasteiger partial charge in [-0.25, -0.2) is 0 Å². The fraction of sp³-hybridized carbons (Fsp3) is 0.636. The van der Waals surface area contributed by atoms with Gasteiger partial charge in [0.25, 0.3) is 0 Å². The Bertz CT molecular complexity index is 235. The molecule has 1 heterocycles. The first-order chi connectivity index (χ1) is 6.76. The first-order valence-corrected chi connectivity index (χ1v) is 5.91. The van der Waals surface area contributed by atoms with Crippen molar-refractivity contribution < 1.29 is 4.74 Å². The number of methoxy groups -OCH3 is 1. The summed E-state index contributed by atoms with van der Waals surface area (Å²) in [5.74, 6) is 0. The van der Waals surface area contributed by atoms with E-state index in [2.05, 4.69) is 29.1 Å². The minimum absolute atomic E-state index is 0.325. The van der Waals surface area contributed by atoms with E-state index in [-0.39, 0.29) is 0 Å². The Labute approximate surface area is 90.3 Å². The molecule has 0 spiro atoms. The van der Waals surface area contributed by atoms with Crippen molar-refractivity contribution in [3.63, 3.8) is 0 Å². The predicted octanol–water partition coefficient (Wildman–Crippen LogP) is 2.30. The van der Waals surface area contributed by atoms with Crippen molar-refractivity contribution in [1.29, 1.82) is 0 Å². The monoisotopic (exact) mass is 213 g/mol. The lowest BCUT2D eigenvalue weighted by Gasteiger charge is -2.19. The molecule has 2 nitrogen and oxygen atoms in total. The summed E-state index contributed by atoms with van der Waals surface area (Å²) in [5, 5.41) is 7.67. The van der Waals surface area contributed by atoms with Gasteiger partial charge in [-0.15, -0.1) is 0 Å². The highest BCUT2D eigenvalue weighted by molar-refractivity contribution is 7.07. The summed E-state index contributed by atoms with van der Waals surface area (Å²) in [4.78, 5) is 0. The molecule has 2 atom stereocenters. The molecule has 0 saturated carbocycles. The predicted molar refractivity (Wildman–Crippen MR) is 62.0 cm³/mol. The molecular weight excluding hydrogens is 194 g/mol. The highest BCUT2D eigenvalue weighted by Gasteiger charge is 2.11. The van der Waals surface area contributed by atoms with Crippen LogP contribution < -0.4 is 5.32 Å². The molecule has 14 heavy (non-hydrogen) atoms. The average Bonchev–Trinajstić information content (AvgIpc) is 2.69. The lowest BCUT2D eigenvalue weighted by molar-refractivity contribution is 0.101. The van der Waals surface area contributed by atoms with E-state index >= 15 is 0 Å². The van der Waals surface area contributed by atoms with Gasteiger partial charge in [-0.2, -0.15) is 11.3 Å². The van der Waals surface area contributed by atoms with Gasteiger partial charge in [0, 0.05) is 13.2 Å². The molecule has 0 fully saturated rings. The molecule has 0 aliphatic heterocycles. The van der Waals surface area contributed by atoms with Crippen LogP contribution in [0.25, 0.3) is 0 Å². The van der Waals surface area contributed by atoms with E-state index in [9.17, 15) is 0 Å². The number of nitrogens with one attached hydrogen (secondary N) is 1. The van der Waals surface area contributed by atoms with Crippen LogP contribution in [0, 0.1) is 0 Å². The normalized spacial score (nSPS) is 15.4. The molecule has 80 valence electrons. The zero-order valence-corrected chi connectivity index (χ0v) is 9.93. The van der Waals surface area contributed by atoms with Crippen molar-refractivity contribution in [1.82, 2.24) is 5.32 Å². The van der Waals surface area contributed by atoms with Gasteiger partial charge in [0.05, 0.1) is 6.10 Å². The van der Waals surface area contributed by atoms with E-state index in [1.54, 1.807) is 18.4 Å². The van der Waals surface area contributed by atoms with Gasteiger partial charge < -0.3 is 10.1 Å². The third-order valence-electron chi connectivity index (χ3n) is 2.49. The molecule has 0 aliphatic rings. The van der Waals surface area contributed by atoms with Gasteiger partial charge in [0.2, 0.25) is 0 Å². The van der Waals surface area contributed by atoms with Gasteiger partial charge in [-0.05, 0) is 49.2 Å². The Morgan fingerprint density at radius 1 is 1.57 bits per heavy atom. The first-order valence-electron chi connectivity index (χ1n) is 4.97. The standard InChI is InChI=1S/C11H19NOS/c1-9(13-3)6-11(12-2)7-10-4-5-14-8-10/h4-5,8-9,11-12H,6-7H2,1-3H3. The Balaban J connectivity index is 2.39. The van der Waals surface area contributed by atoms with E-state index in [0.717, 1.165) is 12.8 Å². The zero-order chi connectivity index (χ0) is 10.4. The number of ether oxygens (including phenoxy) is 1. The summed E-state index contributed by atoms with van der Waals surface area (Å²) in [6.07, 6.45) is 2.47. The third kappa shape index (κ3) is 3.78. The molecule has 0 bridgehead atoms. The van der Waals surface area contributed by atoms with Crippen LogP contribution in [-0.4, -0.2) is 26.3 Å². The molecule has 1 rings (SSSR count). The fourth-order valence-corrected chi connectivity index (χ4v) is 2.17. The van der Waals surface area contributed by atoms with E-state index in [1.165, 1.54) is 5.56 Å². The minimum Gasteiger partial charge on any atom is -0.382 e. The van der Waals surface area contributed by atoms with Crippen LogP contribution in [0.2, 0.25) is 0 Å². The minimum atomic E-state index is 0.325. The molecule has 1 aromatic heterocycles. The summed E-state index contributed by atoms with van der Waals surface area (Å²) in [6, 6.07) is 2.70. The first kappa shape index (κ1) is 11.7. The van der Waals surface area contributed by atoms with Crippen molar-refractivity contribution in [2.45, 2.75) is 31.9 Å². The molecule has 1 aromatic rings. The van der Waals surface area contributed by atoms with E-state index in [4.69, 9.17) is 4.74 Å². The summed E-state index contributed by atoms with van der Waals surface area (Å²) >= 11 is 1.76. The summed E-state index contributed by atoms with van der Waals surface area (Å²) in [7, 11) is 3.78. The fourth-order valence-electron chi connectivity index (χ4n) is 1.49. The highest BCUT2D eigenvalue weighted by Crippen LogP contribution is 2.12. The molecule has 0 amide bonds. The molecule has 0 aromatic carbocycles. The van der Waals surface area contributed by atoms with Crippen LogP contribution in [0.4, 0.5) is 0 Å². The Kier molecular flexibility index (Phi) is 5.15. The Morgan fingerprint density at radius 3 is 2.86 bits per heavy atom. The summed E-state index contributed by atoms with van der Waals surface area (Å²) < 4.78 is 5.26. The molecule has 1 N–H and O–H groups in total. The van der Waals surface area contributed by atoms with Gasteiger partial charge >= 0.3 is 0 Å². The number of hydrogen-bond donors (Lipinski definition) is 1. The molecule has 0 radical (unpaired) electrons. The van der Waals surface area contributed by atoms with Crippen LogP contribution in [0.3, 0.4) is 0 Å². The highest BCUT2D eigenvalue weighted by atomic mass is 32.1. The molecule has 2 unspecified atom stereocenters. The number of hydrogen-bond acceptors (Lipinski definition) is 3. The van der Waals surface area contributed by atoms with Gasteiger partial charge in [-0.3, -0.25) is 0 Å². The molecule has 3 heteroatoms. The summed E-state index contributed by atoms with van der Waals surface area (Å²) in [6.45, 7) is 2.11. The van der Waals surface area contributed by atoms with Gasteiger partial charge in [-0.1, -0.05) is 0 Å². The van der Waals surface area contributed by atoms with E-state index < -0.39 is 0 Å². The topological polar surface area (TPSA) is 21.3 Å². The average molecular weight is 213 g/mol. The van der Waals surface area contributed by atoms with Gasteiger partial charge in [0.15, 0.2) is 0 Å². The summed E-state index contributed by atoms with van der Waals surface area (Å²) in [5.41, 5.74) is 1.41. The SMILES string of the molecule is CNC(Cc1ccsc1)CC(C)OC. The quantitative estimate of drug-likeness (QED) is 0.783. The van der Waals surface area contributed by atoms with Crippen molar-refractivity contribution >= 4 is 11.3 Å². The largest absolute Gasteiger partial charge is 0.382 e. The van der Waals surface area contributed by atoms with Crippen molar-refractivity contribution in [2.75, 3.05) is 14.2 Å². The van der Waals surface area contributed by atoms with Crippen LogP contribution in [-0.2, 0) is 11.2 Å². The Morgan fingerprint density at radius 2 is 2.36 bits per heavy atom. The second-order valence-corrected chi connectivity index (χ2v) is 4.38. The van der Waals surface area contributed by atoms with Crippen LogP contribution in [0.15, 0.2) is 16.8 Å². The zero-order valence-electron chi connectivity index (χ0n) is 9.12. The maximum absolute atomic E-state index is 5.26. The smallest absolute Gasteiger partial charge is 0.0558 e. The maximum atomic E-state index is 5.26. The second kappa shape index (κ2) is 6.17. The van der Waals surface area contributed by atoms with Crippen LogP contribution >= 0.6 is 11.3 Å². The van der Waals surface area contributed by atoms with Crippen molar-refractivity contribution in [3.8, 4) is 0 Å². The number of likely N-dealkylation sites (N-methyl/N-ethyl adjacent to an activating group) is 1. The van der Waals surface area contributed by atoms with Crippen LogP contribution in [0.5, 0.6) is 0 Å². The van der Waals surface area contributed by atoms with E-state index in [1.807, 2.05) is 7.05 Å². The number of thiophene rings is 1. The maximum Gasteiger partial charge on any atom is 0.0558 e. The second-order valence-electron chi connectivity index (χ2n) is 3.60. The molecular formula is C11H19NOS. The Hall–Kier alpha value is -0.380. The van der Waals surface area contributed by atoms with Crippen molar-refractivity contribution in [2.24, 2.45) is 0 Å².